The second kappa shape index (κ2) is 7.17. The predicted molar refractivity (Wildman–Crippen MR) is 76.3 cm³/mol. The van der Waals surface area contributed by atoms with Crippen LogP contribution in [0.1, 0.15) is 40.5 Å². The van der Waals surface area contributed by atoms with Crippen LogP contribution in [-0.4, -0.2) is 36.6 Å². The smallest absolute Gasteiger partial charge is 0.0227 e. The Kier molecular flexibility index (Phi) is 6.21. The van der Waals surface area contributed by atoms with Crippen molar-refractivity contribution in [3.05, 3.63) is 12.7 Å². The van der Waals surface area contributed by atoms with E-state index in [4.69, 9.17) is 0 Å². The van der Waals surface area contributed by atoms with Crippen LogP contribution in [0, 0.1) is 11.8 Å². The molecule has 100 valence electrons. The van der Waals surface area contributed by atoms with Gasteiger partial charge in [-0.05, 0) is 18.3 Å². The normalized spacial score (nSPS) is 28.3. The van der Waals surface area contributed by atoms with Gasteiger partial charge in [0, 0.05) is 31.7 Å². The van der Waals surface area contributed by atoms with E-state index in [1.54, 1.807) is 0 Å². The molecule has 1 aliphatic heterocycles. The Morgan fingerprint density at radius 2 is 2.12 bits per heavy atom. The van der Waals surface area contributed by atoms with Crippen molar-refractivity contribution in [1.29, 1.82) is 0 Å². The Hall–Kier alpha value is -0.340. The molecule has 2 heteroatoms. The zero-order chi connectivity index (χ0) is 12.8. The van der Waals surface area contributed by atoms with Gasteiger partial charge < -0.3 is 5.32 Å². The van der Waals surface area contributed by atoms with Crippen LogP contribution >= 0.6 is 0 Å². The van der Waals surface area contributed by atoms with Crippen molar-refractivity contribution in [2.24, 2.45) is 11.8 Å². The van der Waals surface area contributed by atoms with Gasteiger partial charge in [0.25, 0.3) is 0 Å². The molecule has 0 saturated carbocycles. The minimum Gasteiger partial charge on any atom is -0.311 e. The summed E-state index contributed by atoms with van der Waals surface area (Å²) in [5.41, 5.74) is 0. The molecule has 17 heavy (non-hydrogen) atoms. The number of hydrogen-bond donors (Lipinski definition) is 1. The van der Waals surface area contributed by atoms with Gasteiger partial charge in [0.1, 0.15) is 0 Å². The zero-order valence-corrected chi connectivity index (χ0v) is 12.1. The van der Waals surface area contributed by atoms with E-state index in [1.165, 1.54) is 19.4 Å². The Balaban J connectivity index is 2.57. The van der Waals surface area contributed by atoms with Crippen molar-refractivity contribution in [3.63, 3.8) is 0 Å². The lowest BCUT2D eigenvalue weighted by molar-refractivity contribution is 0.108. The summed E-state index contributed by atoms with van der Waals surface area (Å²) in [7, 11) is 0. The Morgan fingerprint density at radius 1 is 1.41 bits per heavy atom. The molecule has 0 aromatic carbocycles. The number of piperazine rings is 1. The van der Waals surface area contributed by atoms with Gasteiger partial charge in [-0.25, -0.2) is 0 Å². The van der Waals surface area contributed by atoms with Crippen LogP contribution < -0.4 is 5.32 Å². The Labute approximate surface area is 107 Å². The molecule has 3 unspecified atom stereocenters. The van der Waals surface area contributed by atoms with E-state index in [0.29, 0.717) is 12.1 Å². The fourth-order valence-corrected chi connectivity index (χ4v) is 2.71. The molecule has 0 amide bonds. The summed E-state index contributed by atoms with van der Waals surface area (Å²) in [6, 6.07) is 1.34. The lowest BCUT2D eigenvalue weighted by atomic mass is 9.93. The maximum Gasteiger partial charge on any atom is 0.0227 e. The van der Waals surface area contributed by atoms with Gasteiger partial charge in [-0.1, -0.05) is 40.2 Å². The van der Waals surface area contributed by atoms with E-state index < -0.39 is 0 Å². The van der Waals surface area contributed by atoms with E-state index in [1.807, 2.05) is 6.08 Å². The maximum absolute atomic E-state index is 3.90. The first-order chi connectivity index (χ1) is 8.08. The molecule has 1 N–H and O–H groups in total. The van der Waals surface area contributed by atoms with Crippen molar-refractivity contribution in [3.8, 4) is 0 Å². The highest BCUT2D eigenvalue weighted by molar-refractivity contribution is 4.91. The molecule has 1 saturated heterocycles. The summed E-state index contributed by atoms with van der Waals surface area (Å²) in [6.07, 6.45) is 4.59. The van der Waals surface area contributed by atoms with Crippen molar-refractivity contribution >= 4 is 0 Å². The van der Waals surface area contributed by atoms with Crippen LogP contribution in [0.5, 0.6) is 0 Å². The molecule has 1 fully saturated rings. The molecular formula is C15H30N2. The SMILES string of the molecule is C=CCN1CC(C(C)CC)NCC1CC(C)C. The van der Waals surface area contributed by atoms with Crippen molar-refractivity contribution in [1.82, 2.24) is 10.2 Å². The van der Waals surface area contributed by atoms with Crippen LogP contribution in [0.3, 0.4) is 0 Å². The minimum absolute atomic E-state index is 0.656. The summed E-state index contributed by atoms with van der Waals surface area (Å²) >= 11 is 0. The van der Waals surface area contributed by atoms with Gasteiger partial charge in [-0.2, -0.15) is 0 Å². The van der Waals surface area contributed by atoms with Crippen LogP contribution in [0.2, 0.25) is 0 Å². The third-order valence-electron chi connectivity index (χ3n) is 4.00. The largest absolute Gasteiger partial charge is 0.311 e. The number of nitrogens with zero attached hydrogens (tertiary/aromatic N) is 1. The van der Waals surface area contributed by atoms with Gasteiger partial charge >= 0.3 is 0 Å². The fourth-order valence-electron chi connectivity index (χ4n) is 2.71. The lowest BCUT2D eigenvalue weighted by Crippen LogP contribution is -2.58. The summed E-state index contributed by atoms with van der Waals surface area (Å²) in [5, 5.41) is 3.74. The maximum atomic E-state index is 3.90. The van der Waals surface area contributed by atoms with E-state index in [0.717, 1.165) is 24.9 Å². The summed E-state index contributed by atoms with van der Waals surface area (Å²) in [6.45, 7) is 16.5. The van der Waals surface area contributed by atoms with Gasteiger partial charge in [-0.15, -0.1) is 6.58 Å². The second-order valence-electron chi connectivity index (χ2n) is 5.93. The molecule has 0 aromatic rings. The van der Waals surface area contributed by atoms with E-state index in [-0.39, 0.29) is 0 Å². The molecule has 2 nitrogen and oxygen atoms in total. The van der Waals surface area contributed by atoms with Gasteiger partial charge in [0.15, 0.2) is 0 Å². The monoisotopic (exact) mass is 238 g/mol. The molecule has 3 atom stereocenters. The second-order valence-corrected chi connectivity index (χ2v) is 5.93. The van der Waals surface area contributed by atoms with Crippen LogP contribution in [-0.2, 0) is 0 Å². The summed E-state index contributed by atoms with van der Waals surface area (Å²) in [4.78, 5) is 2.61. The molecule has 1 rings (SSSR count). The number of hydrogen-bond acceptors (Lipinski definition) is 2. The third kappa shape index (κ3) is 4.44. The van der Waals surface area contributed by atoms with E-state index in [9.17, 15) is 0 Å². The zero-order valence-electron chi connectivity index (χ0n) is 12.1. The lowest BCUT2D eigenvalue weighted by Gasteiger charge is -2.42. The van der Waals surface area contributed by atoms with Crippen molar-refractivity contribution in [2.45, 2.75) is 52.6 Å². The molecule has 0 aliphatic carbocycles. The van der Waals surface area contributed by atoms with Crippen LogP contribution in [0.15, 0.2) is 12.7 Å². The first kappa shape index (κ1) is 14.7. The molecular weight excluding hydrogens is 208 g/mol. The fraction of sp³-hybridized carbons (Fsp3) is 0.867. The summed E-state index contributed by atoms with van der Waals surface area (Å²) in [5.74, 6) is 1.54. The molecule has 0 radical (unpaired) electrons. The van der Waals surface area contributed by atoms with Crippen molar-refractivity contribution in [2.75, 3.05) is 19.6 Å². The highest BCUT2D eigenvalue weighted by Crippen LogP contribution is 2.19. The Bertz CT molecular complexity index is 225. The third-order valence-corrected chi connectivity index (χ3v) is 4.00. The predicted octanol–water partition coefficient (Wildman–Crippen LogP) is 2.91. The highest BCUT2D eigenvalue weighted by atomic mass is 15.2. The molecule has 0 bridgehead atoms. The molecule has 1 aliphatic rings. The topological polar surface area (TPSA) is 15.3 Å². The van der Waals surface area contributed by atoms with Gasteiger partial charge in [-0.3, -0.25) is 4.90 Å². The number of nitrogens with one attached hydrogen (secondary N) is 1. The van der Waals surface area contributed by atoms with E-state index in [2.05, 4.69) is 44.5 Å². The molecule has 0 aromatic heterocycles. The van der Waals surface area contributed by atoms with E-state index >= 15 is 0 Å². The average Bonchev–Trinajstić information content (AvgIpc) is 2.30. The Morgan fingerprint density at radius 3 is 2.65 bits per heavy atom. The van der Waals surface area contributed by atoms with Crippen molar-refractivity contribution < 1.29 is 0 Å². The molecule has 0 spiro atoms. The highest BCUT2D eigenvalue weighted by Gasteiger charge is 2.29. The standard InChI is InChI=1S/C15H30N2/c1-6-8-17-11-15(13(5)7-2)16-10-14(17)9-12(3)4/h6,12-16H,1,7-11H2,2-5H3. The van der Waals surface area contributed by atoms with Crippen LogP contribution in [0.25, 0.3) is 0 Å². The quantitative estimate of drug-likeness (QED) is 0.716. The minimum atomic E-state index is 0.656. The van der Waals surface area contributed by atoms with Crippen LogP contribution in [0.4, 0.5) is 0 Å². The average molecular weight is 238 g/mol. The summed E-state index contributed by atoms with van der Waals surface area (Å²) < 4.78 is 0. The number of rotatable bonds is 6. The van der Waals surface area contributed by atoms with Gasteiger partial charge in [0.2, 0.25) is 0 Å². The first-order valence-corrected chi connectivity index (χ1v) is 7.16. The van der Waals surface area contributed by atoms with Gasteiger partial charge in [0.05, 0.1) is 0 Å². The molecule has 1 heterocycles. The first-order valence-electron chi connectivity index (χ1n) is 7.16.